The number of nitrogens with zero attached hydrogens (tertiary/aromatic N) is 2. The number of thiol groups is 1. The molecule has 2 N–H and O–H groups in total. The van der Waals surface area contributed by atoms with Gasteiger partial charge in [0.15, 0.2) is 0 Å². The Bertz CT molecular complexity index is 921. The topological polar surface area (TPSA) is 84.2 Å². The van der Waals surface area contributed by atoms with Crippen molar-refractivity contribution >= 4 is 24.5 Å². The molecule has 6 nitrogen and oxygen atoms in total. The van der Waals surface area contributed by atoms with Gasteiger partial charge in [-0.05, 0) is 36.0 Å². The number of amides is 1. The van der Waals surface area contributed by atoms with Crippen LogP contribution in [0.15, 0.2) is 24.4 Å². The van der Waals surface area contributed by atoms with E-state index in [9.17, 15) is 14.0 Å². The molecular formula is C23H32FN3O3S. The molecule has 0 aliphatic rings. The van der Waals surface area contributed by atoms with Crippen LogP contribution in [0.2, 0.25) is 0 Å². The van der Waals surface area contributed by atoms with Crippen molar-refractivity contribution in [3.63, 3.8) is 0 Å². The maximum atomic E-state index is 14.1. The molecule has 1 heterocycles. The molecule has 0 fully saturated rings. The highest BCUT2D eigenvalue weighted by Crippen LogP contribution is 2.23. The molecule has 170 valence electrons. The zero-order chi connectivity index (χ0) is 23.2. The first-order chi connectivity index (χ1) is 14.5. The third kappa shape index (κ3) is 7.38. The Labute approximate surface area is 188 Å². The normalized spacial score (nSPS) is 12.6. The van der Waals surface area contributed by atoms with Crippen LogP contribution in [0.5, 0.6) is 0 Å². The highest BCUT2D eigenvalue weighted by Gasteiger charge is 2.22. The van der Waals surface area contributed by atoms with Crippen molar-refractivity contribution in [1.29, 1.82) is 0 Å². The summed E-state index contributed by atoms with van der Waals surface area (Å²) in [5.41, 5.74) is 1.07. The lowest BCUT2D eigenvalue weighted by Crippen LogP contribution is -2.34. The van der Waals surface area contributed by atoms with Gasteiger partial charge in [-0.1, -0.05) is 40.2 Å². The number of aryl methyl sites for hydroxylation is 1. The maximum absolute atomic E-state index is 14.1. The largest absolute Gasteiger partial charge is 0.478 e. The van der Waals surface area contributed by atoms with Gasteiger partial charge in [-0.3, -0.25) is 4.79 Å². The van der Waals surface area contributed by atoms with E-state index in [0.717, 1.165) is 30.8 Å². The maximum Gasteiger partial charge on any atom is 0.338 e. The fourth-order valence-electron chi connectivity index (χ4n) is 3.30. The average Bonchev–Trinajstić information content (AvgIpc) is 3.04. The van der Waals surface area contributed by atoms with Crippen molar-refractivity contribution in [2.75, 3.05) is 0 Å². The minimum absolute atomic E-state index is 0.00889. The van der Waals surface area contributed by atoms with E-state index in [1.165, 1.54) is 12.1 Å². The van der Waals surface area contributed by atoms with E-state index in [2.05, 4.69) is 50.6 Å². The molecule has 8 heteroatoms. The third-order valence-electron chi connectivity index (χ3n) is 4.93. The predicted molar refractivity (Wildman–Crippen MR) is 122 cm³/mol. The Hall–Kier alpha value is -2.35. The van der Waals surface area contributed by atoms with Gasteiger partial charge in [0.2, 0.25) is 5.91 Å². The molecule has 0 bridgehead atoms. The van der Waals surface area contributed by atoms with Crippen molar-refractivity contribution < 1.29 is 19.1 Å². The summed E-state index contributed by atoms with van der Waals surface area (Å²) < 4.78 is 16.1. The second-order valence-electron chi connectivity index (χ2n) is 8.97. The molecule has 0 aliphatic carbocycles. The third-order valence-corrected chi connectivity index (χ3v) is 5.35. The van der Waals surface area contributed by atoms with Crippen LogP contribution < -0.4 is 5.32 Å². The first-order valence-electron chi connectivity index (χ1n) is 10.5. The zero-order valence-electron chi connectivity index (χ0n) is 18.6. The lowest BCUT2D eigenvalue weighted by Gasteiger charge is -2.22. The molecule has 0 saturated heterocycles. The van der Waals surface area contributed by atoms with Crippen LogP contribution in [0.1, 0.15) is 74.4 Å². The molecule has 1 amide bonds. The number of hydrogen-bond donors (Lipinski definition) is 3. The van der Waals surface area contributed by atoms with Crippen LogP contribution in [0, 0.1) is 11.2 Å². The van der Waals surface area contributed by atoms with E-state index < -0.39 is 17.0 Å². The monoisotopic (exact) mass is 449 g/mol. The van der Waals surface area contributed by atoms with Crippen LogP contribution in [-0.2, 0) is 24.3 Å². The van der Waals surface area contributed by atoms with E-state index in [0.29, 0.717) is 18.5 Å². The molecule has 2 aromatic rings. The number of rotatable bonds is 10. The quantitative estimate of drug-likeness (QED) is 0.468. The molecule has 0 aliphatic heterocycles. The minimum atomic E-state index is -1.30. The summed E-state index contributed by atoms with van der Waals surface area (Å²) in [6.07, 6.45) is 5.11. The number of aromatic carboxylic acids is 1. The van der Waals surface area contributed by atoms with E-state index in [1.807, 2.05) is 4.57 Å². The Morgan fingerprint density at radius 2 is 2.03 bits per heavy atom. The minimum Gasteiger partial charge on any atom is -0.478 e. The number of aromatic nitrogens is 2. The highest BCUT2D eigenvalue weighted by molar-refractivity contribution is 7.81. The number of hydrogen-bond acceptors (Lipinski definition) is 4. The van der Waals surface area contributed by atoms with Crippen molar-refractivity contribution in [3.05, 3.63) is 52.9 Å². The molecule has 0 spiro atoms. The van der Waals surface area contributed by atoms with Gasteiger partial charge in [-0.15, -0.1) is 0 Å². The number of carbonyl (C=O) groups is 2. The van der Waals surface area contributed by atoms with Crippen LogP contribution >= 0.6 is 12.6 Å². The van der Waals surface area contributed by atoms with Crippen LogP contribution in [0.25, 0.3) is 0 Å². The SMILES string of the molecule is CCCCc1ncc(CNC(=O)C(S)CC(C)(C)C)n1Cc1ccc(C(=O)O)c(F)c1. The number of carboxylic acid groups (broad SMARTS) is 1. The summed E-state index contributed by atoms with van der Waals surface area (Å²) in [6, 6.07) is 4.11. The first-order valence-corrected chi connectivity index (χ1v) is 11.0. The standard InChI is InChI=1S/C23H32FN3O3S/c1-5-6-7-20-25-12-16(13-26-21(28)19(31)11-23(2,3)4)27(20)14-15-8-9-17(22(29)30)18(24)10-15/h8-10,12,19,31H,5-7,11,13-14H2,1-4H3,(H,26,28)(H,29,30). The Balaban J connectivity index is 2.19. The number of imidazole rings is 1. The summed E-state index contributed by atoms with van der Waals surface area (Å²) in [4.78, 5) is 28.0. The van der Waals surface area contributed by atoms with Gasteiger partial charge in [0, 0.05) is 13.0 Å². The molecular weight excluding hydrogens is 417 g/mol. The van der Waals surface area contributed by atoms with Gasteiger partial charge in [-0.25, -0.2) is 14.2 Å². The lowest BCUT2D eigenvalue weighted by molar-refractivity contribution is -0.121. The second kappa shape index (κ2) is 10.8. The number of nitrogens with one attached hydrogen (secondary N) is 1. The number of benzene rings is 1. The number of carboxylic acids is 1. The van der Waals surface area contributed by atoms with Crippen molar-refractivity contribution in [2.24, 2.45) is 5.41 Å². The van der Waals surface area contributed by atoms with Gasteiger partial charge in [0.25, 0.3) is 0 Å². The van der Waals surface area contributed by atoms with Gasteiger partial charge < -0.3 is 15.0 Å². The number of unbranched alkanes of at least 4 members (excludes halogenated alkanes) is 1. The van der Waals surface area contributed by atoms with Gasteiger partial charge in [-0.2, -0.15) is 12.6 Å². The molecule has 1 atom stereocenters. The van der Waals surface area contributed by atoms with E-state index in [4.69, 9.17) is 5.11 Å². The molecule has 0 radical (unpaired) electrons. The lowest BCUT2D eigenvalue weighted by atomic mass is 9.90. The highest BCUT2D eigenvalue weighted by atomic mass is 32.1. The van der Waals surface area contributed by atoms with Gasteiger partial charge in [0.1, 0.15) is 11.6 Å². The van der Waals surface area contributed by atoms with Crippen molar-refractivity contribution in [2.45, 2.75) is 71.7 Å². The van der Waals surface area contributed by atoms with E-state index in [1.54, 1.807) is 12.3 Å². The van der Waals surface area contributed by atoms with Gasteiger partial charge in [0.05, 0.1) is 29.2 Å². The molecule has 0 saturated carbocycles. The first kappa shape index (κ1) is 24.9. The predicted octanol–water partition coefficient (Wildman–Crippen LogP) is 4.46. The molecule has 1 unspecified atom stereocenters. The van der Waals surface area contributed by atoms with Gasteiger partial charge >= 0.3 is 5.97 Å². The zero-order valence-corrected chi connectivity index (χ0v) is 19.5. The molecule has 2 rings (SSSR count). The Morgan fingerprint density at radius 1 is 1.32 bits per heavy atom. The Morgan fingerprint density at radius 3 is 2.61 bits per heavy atom. The second-order valence-corrected chi connectivity index (χ2v) is 9.60. The molecule has 31 heavy (non-hydrogen) atoms. The summed E-state index contributed by atoms with van der Waals surface area (Å²) in [7, 11) is 0. The van der Waals surface area contributed by atoms with Crippen LogP contribution in [0.3, 0.4) is 0 Å². The van der Waals surface area contributed by atoms with Crippen molar-refractivity contribution in [1.82, 2.24) is 14.9 Å². The summed E-state index contributed by atoms with van der Waals surface area (Å²) in [6.45, 7) is 8.91. The molecule has 1 aromatic heterocycles. The number of halogens is 1. The van der Waals surface area contributed by atoms with E-state index >= 15 is 0 Å². The summed E-state index contributed by atoms with van der Waals surface area (Å²) in [5, 5.41) is 11.5. The van der Waals surface area contributed by atoms with Crippen LogP contribution in [0.4, 0.5) is 4.39 Å². The summed E-state index contributed by atoms with van der Waals surface area (Å²) >= 11 is 4.44. The molecule has 1 aromatic carbocycles. The fourth-order valence-corrected chi connectivity index (χ4v) is 3.94. The van der Waals surface area contributed by atoms with Crippen molar-refractivity contribution in [3.8, 4) is 0 Å². The smallest absolute Gasteiger partial charge is 0.338 e. The van der Waals surface area contributed by atoms with Crippen LogP contribution in [-0.4, -0.2) is 31.8 Å². The number of carbonyl (C=O) groups excluding carboxylic acids is 1. The van der Waals surface area contributed by atoms with E-state index in [-0.39, 0.29) is 23.4 Å². The average molecular weight is 450 g/mol. The fraction of sp³-hybridized carbons (Fsp3) is 0.522. The Kier molecular flexibility index (Phi) is 8.68. The summed E-state index contributed by atoms with van der Waals surface area (Å²) in [5.74, 6) is -1.35.